The summed E-state index contributed by atoms with van der Waals surface area (Å²) in [4.78, 5) is 50.5. The summed E-state index contributed by atoms with van der Waals surface area (Å²) in [6.45, 7) is 6.69. The quantitative estimate of drug-likeness (QED) is 0.309. The van der Waals surface area contributed by atoms with Crippen molar-refractivity contribution < 1.29 is 42.9 Å². The minimum atomic E-state index is -1.42. The van der Waals surface area contributed by atoms with Crippen LogP contribution in [0.15, 0.2) is 24.3 Å². The molecule has 0 fully saturated rings. The monoisotopic (exact) mass is 436 g/mol. The highest BCUT2D eigenvalue weighted by atomic mass is 16.6. The molecular formula is C22H28O9. The van der Waals surface area contributed by atoms with Gasteiger partial charge in [0.2, 0.25) is 0 Å². The Kier molecular flexibility index (Phi) is 8.99. The van der Waals surface area contributed by atoms with Crippen LogP contribution in [0.25, 0.3) is 0 Å². The third-order valence-corrected chi connectivity index (χ3v) is 4.67. The molecule has 0 aromatic heterocycles. The lowest BCUT2D eigenvalue weighted by Gasteiger charge is -2.24. The molecular weight excluding hydrogens is 408 g/mol. The summed E-state index contributed by atoms with van der Waals surface area (Å²) in [5.74, 6) is -6.10. The topological polar surface area (TPSA) is 114 Å². The fourth-order valence-corrected chi connectivity index (χ4v) is 3.46. The molecule has 1 aromatic rings. The van der Waals surface area contributed by atoms with Gasteiger partial charge in [0.15, 0.2) is 11.8 Å². The molecule has 1 heterocycles. The molecule has 0 spiro atoms. The van der Waals surface area contributed by atoms with E-state index in [9.17, 15) is 19.2 Å². The Morgan fingerprint density at radius 1 is 0.677 bits per heavy atom. The van der Waals surface area contributed by atoms with Gasteiger partial charge in [0, 0.05) is 0 Å². The molecule has 0 amide bonds. The zero-order chi connectivity index (χ0) is 23.0. The molecule has 0 bridgehead atoms. The maximum atomic E-state index is 12.6. The second-order valence-corrected chi connectivity index (χ2v) is 6.57. The van der Waals surface area contributed by atoms with Gasteiger partial charge in [-0.25, -0.2) is 0 Å². The molecule has 2 rings (SSSR count). The first-order valence-electron chi connectivity index (χ1n) is 10.3. The molecule has 1 aromatic carbocycles. The lowest BCUT2D eigenvalue weighted by Crippen LogP contribution is -2.36. The number of esters is 4. The summed E-state index contributed by atoms with van der Waals surface area (Å²) in [5.41, 5.74) is 0.967. The maximum Gasteiger partial charge on any atom is 0.323 e. The van der Waals surface area contributed by atoms with Crippen LogP contribution in [-0.4, -0.2) is 50.3 Å². The zero-order valence-electron chi connectivity index (χ0n) is 18.1. The van der Waals surface area contributed by atoms with Gasteiger partial charge >= 0.3 is 23.9 Å². The minimum absolute atomic E-state index is 0.0564. The smallest absolute Gasteiger partial charge is 0.323 e. The van der Waals surface area contributed by atoms with Gasteiger partial charge in [-0.15, -0.1) is 0 Å². The van der Waals surface area contributed by atoms with Gasteiger partial charge in [0.05, 0.1) is 26.4 Å². The van der Waals surface area contributed by atoms with E-state index in [1.54, 1.807) is 52.0 Å². The third-order valence-electron chi connectivity index (χ3n) is 4.67. The summed E-state index contributed by atoms with van der Waals surface area (Å²) >= 11 is 0. The van der Waals surface area contributed by atoms with Crippen molar-refractivity contribution in [1.29, 1.82) is 0 Å². The van der Waals surface area contributed by atoms with Crippen molar-refractivity contribution >= 4 is 23.9 Å². The van der Waals surface area contributed by atoms with Crippen LogP contribution in [0.2, 0.25) is 0 Å². The number of benzene rings is 1. The van der Waals surface area contributed by atoms with Crippen molar-refractivity contribution in [2.75, 3.05) is 26.4 Å². The first kappa shape index (κ1) is 24.3. The summed E-state index contributed by atoms with van der Waals surface area (Å²) in [6.07, 6.45) is -2.21. The maximum absolute atomic E-state index is 12.6. The second kappa shape index (κ2) is 11.5. The van der Waals surface area contributed by atoms with Crippen LogP contribution < -0.4 is 0 Å². The number of carbonyl (C=O) groups excluding carboxylic acids is 4. The van der Waals surface area contributed by atoms with E-state index in [0.29, 0.717) is 11.1 Å². The number of hydrogen-bond acceptors (Lipinski definition) is 9. The van der Waals surface area contributed by atoms with Gasteiger partial charge in [-0.1, -0.05) is 24.3 Å². The number of ether oxygens (including phenoxy) is 5. The number of hydrogen-bond donors (Lipinski definition) is 0. The summed E-state index contributed by atoms with van der Waals surface area (Å²) < 4.78 is 26.3. The van der Waals surface area contributed by atoms with Crippen molar-refractivity contribution in [3.05, 3.63) is 35.4 Å². The highest BCUT2D eigenvalue weighted by Crippen LogP contribution is 2.47. The van der Waals surface area contributed by atoms with Crippen molar-refractivity contribution in [1.82, 2.24) is 0 Å². The molecule has 0 saturated carbocycles. The van der Waals surface area contributed by atoms with Gasteiger partial charge in [0.25, 0.3) is 0 Å². The molecule has 1 aliphatic rings. The van der Waals surface area contributed by atoms with Crippen LogP contribution in [0.3, 0.4) is 0 Å². The van der Waals surface area contributed by atoms with Gasteiger partial charge in [0.1, 0.15) is 12.2 Å². The molecule has 0 radical (unpaired) electrons. The zero-order valence-corrected chi connectivity index (χ0v) is 18.1. The fourth-order valence-electron chi connectivity index (χ4n) is 3.46. The number of carbonyl (C=O) groups is 4. The molecule has 1 aliphatic heterocycles. The predicted molar refractivity (Wildman–Crippen MR) is 107 cm³/mol. The van der Waals surface area contributed by atoms with Gasteiger partial charge in [-0.3, -0.25) is 19.2 Å². The summed E-state index contributed by atoms with van der Waals surface area (Å²) in [7, 11) is 0. The molecule has 0 aliphatic carbocycles. The summed E-state index contributed by atoms with van der Waals surface area (Å²) in [5, 5.41) is 0. The fraction of sp³-hybridized carbons (Fsp3) is 0.545. The average Bonchev–Trinajstić information content (AvgIpc) is 3.08. The van der Waals surface area contributed by atoms with Crippen molar-refractivity contribution in [3.63, 3.8) is 0 Å². The second-order valence-electron chi connectivity index (χ2n) is 6.57. The van der Waals surface area contributed by atoms with E-state index in [2.05, 4.69) is 0 Å². The highest BCUT2D eigenvalue weighted by molar-refractivity contribution is 5.97. The van der Waals surface area contributed by atoms with Crippen molar-refractivity contribution in [2.24, 2.45) is 11.8 Å². The SMILES string of the molecule is CCOC(=O)C(C(=O)OCC)C1OC(C(C(=O)OCC)C(=O)OCC)c2ccccc21. The Morgan fingerprint density at radius 2 is 0.968 bits per heavy atom. The van der Waals surface area contributed by atoms with Crippen molar-refractivity contribution in [2.45, 2.75) is 39.9 Å². The Labute approximate surface area is 180 Å². The van der Waals surface area contributed by atoms with E-state index in [1.807, 2.05) is 0 Å². The van der Waals surface area contributed by atoms with E-state index in [1.165, 1.54) is 0 Å². The first-order chi connectivity index (χ1) is 14.9. The molecule has 170 valence electrons. The van der Waals surface area contributed by atoms with Crippen LogP contribution in [0.1, 0.15) is 51.0 Å². The van der Waals surface area contributed by atoms with E-state index in [0.717, 1.165) is 0 Å². The van der Waals surface area contributed by atoms with Crippen LogP contribution in [-0.2, 0) is 42.9 Å². The Hall–Kier alpha value is -2.94. The van der Waals surface area contributed by atoms with E-state index in [-0.39, 0.29) is 26.4 Å². The largest absolute Gasteiger partial charge is 0.465 e. The van der Waals surface area contributed by atoms with E-state index < -0.39 is 47.9 Å². The van der Waals surface area contributed by atoms with E-state index >= 15 is 0 Å². The van der Waals surface area contributed by atoms with Crippen LogP contribution in [0, 0.1) is 11.8 Å². The minimum Gasteiger partial charge on any atom is -0.465 e. The Bertz CT molecular complexity index is 703. The Morgan fingerprint density at radius 3 is 1.23 bits per heavy atom. The van der Waals surface area contributed by atoms with E-state index in [4.69, 9.17) is 23.7 Å². The number of fused-ring (bicyclic) bond motifs is 1. The molecule has 2 atom stereocenters. The lowest BCUT2D eigenvalue weighted by molar-refractivity contribution is -0.177. The molecule has 2 unspecified atom stereocenters. The Balaban J connectivity index is 2.51. The summed E-state index contributed by atoms with van der Waals surface area (Å²) in [6, 6.07) is 6.74. The molecule has 9 heteroatoms. The molecule has 0 N–H and O–H groups in total. The first-order valence-corrected chi connectivity index (χ1v) is 10.3. The highest BCUT2D eigenvalue weighted by Gasteiger charge is 2.51. The lowest BCUT2D eigenvalue weighted by atomic mass is 9.90. The van der Waals surface area contributed by atoms with Crippen LogP contribution in [0.5, 0.6) is 0 Å². The standard InChI is InChI=1S/C22H28O9/c1-5-27-19(23)15(20(24)28-6-2)17-13-11-9-10-12-14(13)18(31-17)16(21(25)29-7-3)22(26)30-8-4/h9-12,15-18H,5-8H2,1-4H3. The van der Waals surface area contributed by atoms with Gasteiger partial charge in [-0.2, -0.15) is 0 Å². The predicted octanol–water partition coefficient (Wildman–Crippen LogP) is 2.28. The van der Waals surface area contributed by atoms with Gasteiger partial charge in [-0.05, 0) is 38.8 Å². The van der Waals surface area contributed by atoms with Crippen LogP contribution in [0.4, 0.5) is 0 Å². The third kappa shape index (κ3) is 5.41. The normalized spacial score (nSPS) is 17.2. The molecule has 9 nitrogen and oxygen atoms in total. The number of rotatable bonds is 10. The molecule has 31 heavy (non-hydrogen) atoms. The molecule has 0 saturated heterocycles. The van der Waals surface area contributed by atoms with Crippen LogP contribution >= 0.6 is 0 Å². The average molecular weight is 436 g/mol. The van der Waals surface area contributed by atoms with Crippen molar-refractivity contribution in [3.8, 4) is 0 Å². The van der Waals surface area contributed by atoms with Gasteiger partial charge < -0.3 is 23.7 Å².